The fraction of sp³-hybridized carbons (Fsp3) is 0.111. The van der Waals surface area contributed by atoms with Crippen LogP contribution in [0.25, 0.3) is 44.1 Å². The smallest absolute Gasteiger partial charge is 0.0471 e. The van der Waals surface area contributed by atoms with Crippen LogP contribution in [0.1, 0.15) is 25.0 Å². The quantitative estimate of drug-likeness (QED) is 0.323. The molecule has 0 fully saturated rings. The van der Waals surface area contributed by atoms with Gasteiger partial charge in [0.2, 0.25) is 0 Å². The Hall–Kier alpha value is -3.32. The molecule has 0 spiro atoms. The molecule has 0 atom stereocenters. The Labute approximate surface area is 164 Å². The van der Waals surface area contributed by atoms with Crippen molar-refractivity contribution >= 4 is 21.8 Å². The van der Waals surface area contributed by atoms with Gasteiger partial charge in [-0.3, -0.25) is 0 Å². The van der Waals surface area contributed by atoms with Gasteiger partial charge in [-0.05, 0) is 51.6 Å². The summed E-state index contributed by atoms with van der Waals surface area (Å²) in [5, 5.41) is 2.60. The lowest BCUT2D eigenvalue weighted by Gasteiger charge is -2.22. The van der Waals surface area contributed by atoms with E-state index in [0.29, 0.717) is 0 Å². The second kappa shape index (κ2) is 5.36. The van der Waals surface area contributed by atoms with Crippen LogP contribution < -0.4 is 0 Å². The summed E-state index contributed by atoms with van der Waals surface area (Å²) in [5.41, 5.74) is 10.6. The van der Waals surface area contributed by atoms with E-state index in [9.17, 15) is 0 Å². The zero-order valence-corrected chi connectivity index (χ0v) is 16.1. The van der Waals surface area contributed by atoms with Crippen LogP contribution in [0.5, 0.6) is 0 Å². The molecule has 0 aliphatic heterocycles. The molecule has 6 rings (SSSR count). The number of aromatic amines is 1. The molecule has 0 saturated carbocycles. The molecule has 134 valence electrons. The minimum absolute atomic E-state index is 0.0239. The summed E-state index contributed by atoms with van der Waals surface area (Å²) in [6.45, 7) is 4.68. The van der Waals surface area contributed by atoms with Gasteiger partial charge in [0, 0.05) is 27.2 Å². The highest BCUT2D eigenvalue weighted by Gasteiger charge is 2.35. The molecule has 0 saturated heterocycles. The first kappa shape index (κ1) is 15.7. The van der Waals surface area contributed by atoms with E-state index in [2.05, 4.69) is 104 Å². The lowest BCUT2D eigenvalue weighted by atomic mass is 9.81. The van der Waals surface area contributed by atoms with Crippen molar-refractivity contribution < 1.29 is 0 Å². The molecule has 1 aliphatic rings. The second-order valence-electron chi connectivity index (χ2n) is 8.33. The number of hydrogen-bond acceptors (Lipinski definition) is 0. The van der Waals surface area contributed by atoms with Crippen molar-refractivity contribution in [3.63, 3.8) is 0 Å². The molecule has 5 aromatic rings. The van der Waals surface area contributed by atoms with Crippen LogP contribution in [0.4, 0.5) is 0 Å². The number of aromatic nitrogens is 1. The minimum atomic E-state index is 0.0239. The molecular weight excluding hydrogens is 338 g/mol. The highest BCUT2D eigenvalue weighted by Crippen LogP contribution is 2.49. The number of benzene rings is 4. The topological polar surface area (TPSA) is 15.8 Å². The summed E-state index contributed by atoms with van der Waals surface area (Å²) in [6.07, 6.45) is 0. The Balaban J connectivity index is 1.64. The van der Waals surface area contributed by atoms with Gasteiger partial charge in [-0.25, -0.2) is 0 Å². The van der Waals surface area contributed by atoms with Crippen molar-refractivity contribution in [1.82, 2.24) is 4.98 Å². The van der Waals surface area contributed by atoms with Crippen LogP contribution in [0.3, 0.4) is 0 Å². The predicted octanol–water partition coefficient (Wildman–Crippen LogP) is 7.29. The standard InChI is InChI=1S/C27H21N/c1-27(2)22-11-5-3-8-19(22)20-15-14-17(16-23(20)27)18-10-7-13-25-26(18)21-9-4-6-12-24(21)28-25/h3-16,28H,1-2H3. The Kier molecular flexibility index (Phi) is 3.01. The first-order chi connectivity index (χ1) is 13.6. The molecule has 0 amide bonds. The van der Waals surface area contributed by atoms with Crippen molar-refractivity contribution in [2.75, 3.05) is 0 Å². The fourth-order valence-electron chi connectivity index (χ4n) is 5.01. The molecule has 28 heavy (non-hydrogen) atoms. The van der Waals surface area contributed by atoms with Crippen molar-refractivity contribution in [2.45, 2.75) is 19.3 Å². The van der Waals surface area contributed by atoms with Crippen LogP contribution in [0.2, 0.25) is 0 Å². The van der Waals surface area contributed by atoms with Gasteiger partial charge in [0.15, 0.2) is 0 Å². The average Bonchev–Trinajstić information content (AvgIpc) is 3.21. The van der Waals surface area contributed by atoms with Crippen LogP contribution in [-0.2, 0) is 5.41 Å². The first-order valence-electron chi connectivity index (χ1n) is 9.89. The highest BCUT2D eigenvalue weighted by atomic mass is 14.7. The number of para-hydroxylation sites is 1. The summed E-state index contributed by atoms with van der Waals surface area (Å²) >= 11 is 0. The van der Waals surface area contributed by atoms with E-state index < -0.39 is 0 Å². The molecule has 1 heteroatoms. The molecule has 1 aromatic heterocycles. The van der Waals surface area contributed by atoms with E-state index in [1.165, 1.54) is 55.2 Å². The Morgan fingerprint density at radius 1 is 0.607 bits per heavy atom. The zero-order chi connectivity index (χ0) is 18.9. The van der Waals surface area contributed by atoms with Gasteiger partial charge in [0.05, 0.1) is 0 Å². The summed E-state index contributed by atoms with van der Waals surface area (Å²) in [6, 6.07) is 31.0. The maximum absolute atomic E-state index is 3.57. The Morgan fingerprint density at radius 3 is 2.25 bits per heavy atom. The van der Waals surface area contributed by atoms with Crippen LogP contribution >= 0.6 is 0 Å². The van der Waals surface area contributed by atoms with Gasteiger partial charge in [0.25, 0.3) is 0 Å². The monoisotopic (exact) mass is 359 g/mol. The molecule has 1 heterocycles. The maximum Gasteiger partial charge on any atom is 0.0471 e. The number of rotatable bonds is 1. The lowest BCUT2D eigenvalue weighted by Crippen LogP contribution is -2.14. The molecule has 0 bridgehead atoms. The van der Waals surface area contributed by atoms with Gasteiger partial charge in [-0.2, -0.15) is 0 Å². The van der Waals surface area contributed by atoms with E-state index in [1.807, 2.05) is 0 Å². The van der Waals surface area contributed by atoms with Crippen LogP contribution in [0.15, 0.2) is 84.9 Å². The lowest BCUT2D eigenvalue weighted by molar-refractivity contribution is 0.660. The number of H-pyrrole nitrogens is 1. The largest absolute Gasteiger partial charge is 0.354 e. The molecule has 1 nitrogen and oxygen atoms in total. The Morgan fingerprint density at radius 2 is 1.32 bits per heavy atom. The van der Waals surface area contributed by atoms with E-state index in [0.717, 1.165) is 0 Å². The highest BCUT2D eigenvalue weighted by molar-refractivity contribution is 6.14. The Bertz CT molecular complexity index is 1380. The third-order valence-electron chi connectivity index (χ3n) is 6.42. The third kappa shape index (κ3) is 1.96. The van der Waals surface area contributed by atoms with Crippen molar-refractivity contribution in [3.8, 4) is 22.3 Å². The molecule has 1 aliphatic carbocycles. The van der Waals surface area contributed by atoms with E-state index in [-0.39, 0.29) is 5.41 Å². The number of fused-ring (bicyclic) bond motifs is 6. The minimum Gasteiger partial charge on any atom is -0.354 e. The number of hydrogen-bond donors (Lipinski definition) is 1. The van der Waals surface area contributed by atoms with E-state index in [1.54, 1.807) is 0 Å². The fourth-order valence-corrected chi connectivity index (χ4v) is 5.01. The molecule has 0 unspecified atom stereocenters. The third-order valence-corrected chi connectivity index (χ3v) is 6.42. The normalized spacial score (nSPS) is 14.4. The molecule has 4 aromatic carbocycles. The van der Waals surface area contributed by atoms with Gasteiger partial charge >= 0.3 is 0 Å². The summed E-state index contributed by atoms with van der Waals surface area (Å²) in [5.74, 6) is 0. The van der Waals surface area contributed by atoms with Crippen molar-refractivity contribution in [3.05, 3.63) is 96.1 Å². The SMILES string of the molecule is CC1(C)c2ccccc2-c2ccc(-c3cccc4[nH]c5ccccc5c34)cc21. The zero-order valence-electron chi connectivity index (χ0n) is 16.1. The van der Waals surface area contributed by atoms with E-state index >= 15 is 0 Å². The first-order valence-corrected chi connectivity index (χ1v) is 9.89. The van der Waals surface area contributed by atoms with Gasteiger partial charge in [-0.15, -0.1) is 0 Å². The van der Waals surface area contributed by atoms with Gasteiger partial charge in [-0.1, -0.05) is 80.6 Å². The summed E-state index contributed by atoms with van der Waals surface area (Å²) in [7, 11) is 0. The second-order valence-corrected chi connectivity index (χ2v) is 8.33. The molecular formula is C27H21N. The van der Waals surface area contributed by atoms with E-state index in [4.69, 9.17) is 0 Å². The van der Waals surface area contributed by atoms with Crippen molar-refractivity contribution in [1.29, 1.82) is 0 Å². The molecule has 1 N–H and O–H groups in total. The maximum atomic E-state index is 3.57. The predicted molar refractivity (Wildman–Crippen MR) is 119 cm³/mol. The van der Waals surface area contributed by atoms with Gasteiger partial charge < -0.3 is 4.98 Å². The summed E-state index contributed by atoms with van der Waals surface area (Å²) in [4.78, 5) is 3.57. The van der Waals surface area contributed by atoms with Crippen LogP contribution in [-0.4, -0.2) is 4.98 Å². The average molecular weight is 359 g/mol. The molecule has 0 radical (unpaired) electrons. The van der Waals surface area contributed by atoms with Gasteiger partial charge in [0.1, 0.15) is 0 Å². The summed E-state index contributed by atoms with van der Waals surface area (Å²) < 4.78 is 0. The number of nitrogens with one attached hydrogen (secondary N) is 1. The van der Waals surface area contributed by atoms with Crippen LogP contribution in [0, 0.1) is 0 Å². The van der Waals surface area contributed by atoms with Crippen molar-refractivity contribution in [2.24, 2.45) is 0 Å².